The summed E-state index contributed by atoms with van der Waals surface area (Å²) in [6, 6.07) is 13.6. The average molecular weight is 623 g/mol. The van der Waals surface area contributed by atoms with Gasteiger partial charge >= 0.3 is 5.97 Å². The predicted octanol–water partition coefficient (Wildman–Crippen LogP) is 3.38. The van der Waals surface area contributed by atoms with E-state index in [4.69, 9.17) is 21.1 Å². The molecule has 5 rings (SSSR count). The molecule has 0 bridgehead atoms. The molecule has 1 aromatic heterocycles. The van der Waals surface area contributed by atoms with Crippen LogP contribution in [-0.4, -0.2) is 71.7 Å². The van der Waals surface area contributed by atoms with Gasteiger partial charge in [0.2, 0.25) is 0 Å². The molecule has 0 aliphatic carbocycles. The first-order valence-electron chi connectivity index (χ1n) is 14.2. The number of esters is 1. The summed E-state index contributed by atoms with van der Waals surface area (Å²) in [6.07, 6.45) is 1.79. The van der Waals surface area contributed by atoms with Crippen LogP contribution in [0.15, 0.2) is 69.6 Å². The Kier molecular flexibility index (Phi) is 8.91. The molecular formula is C32H35ClN4O5S. The Labute approximate surface area is 259 Å². The van der Waals surface area contributed by atoms with E-state index < -0.39 is 17.6 Å². The fourth-order valence-electron chi connectivity index (χ4n) is 5.26. The SMILES string of the molecule is CCOC(=O)C1=C(C)N=c2s/c(=C\c3ccc(OC(C)(C)C(=O)N4CCN(C)CC4)cc3)c(=O)n2C1c1ccc(Cl)cc1. The van der Waals surface area contributed by atoms with Crippen molar-refractivity contribution in [1.82, 2.24) is 14.4 Å². The maximum atomic E-state index is 13.8. The number of hydrogen-bond acceptors (Lipinski definition) is 8. The van der Waals surface area contributed by atoms with E-state index >= 15 is 0 Å². The molecule has 3 aromatic rings. The topological polar surface area (TPSA) is 93.4 Å². The number of likely N-dealkylation sites (N-methyl/N-ethyl adjacent to an activating group) is 1. The second kappa shape index (κ2) is 12.5. The first-order valence-corrected chi connectivity index (χ1v) is 15.4. The number of carbonyl (C=O) groups is 2. The predicted molar refractivity (Wildman–Crippen MR) is 167 cm³/mol. The number of fused-ring (bicyclic) bond motifs is 1. The molecule has 226 valence electrons. The van der Waals surface area contributed by atoms with E-state index in [-0.39, 0.29) is 18.1 Å². The number of benzene rings is 2. The molecular weight excluding hydrogens is 588 g/mol. The van der Waals surface area contributed by atoms with Crippen LogP contribution in [0.5, 0.6) is 5.75 Å². The first-order chi connectivity index (χ1) is 20.5. The van der Waals surface area contributed by atoms with Crippen LogP contribution in [0, 0.1) is 0 Å². The highest BCUT2D eigenvalue weighted by molar-refractivity contribution is 7.07. The van der Waals surface area contributed by atoms with E-state index in [0.717, 1.165) is 24.2 Å². The zero-order chi connectivity index (χ0) is 30.9. The summed E-state index contributed by atoms with van der Waals surface area (Å²) in [5.74, 6) is 0.00429. The number of amides is 1. The minimum atomic E-state index is -1.02. The zero-order valence-corrected chi connectivity index (χ0v) is 26.5. The van der Waals surface area contributed by atoms with Gasteiger partial charge in [0, 0.05) is 31.2 Å². The Balaban J connectivity index is 1.44. The van der Waals surface area contributed by atoms with Crippen molar-refractivity contribution < 1.29 is 19.1 Å². The van der Waals surface area contributed by atoms with Crippen LogP contribution in [0.25, 0.3) is 6.08 Å². The minimum absolute atomic E-state index is 0.0430. The van der Waals surface area contributed by atoms with Gasteiger partial charge in [-0.25, -0.2) is 9.79 Å². The molecule has 3 heterocycles. The van der Waals surface area contributed by atoms with Crippen molar-refractivity contribution >= 4 is 40.9 Å². The Morgan fingerprint density at radius 3 is 2.35 bits per heavy atom. The highest BCUT2D eigenvalue weighted by Gasteiger charge is 2.36. The molecule has 1 fully saturated rings. The van der Waals surface area contributed by atoms with Crippen molar-refractivity contribution in [3.8, 4) is 5.75 Å². The van der Waals surface area contributed by atoms with Gasteiger partial charge in [-0.1, -0.05) is 47.2 Å². The summed E-state index contributed by atoms with van der Waals surface area (Å²) in [6.45, 7) is 10.3. The van der Waals surface area contributed by atoms with Crippen LogP contribution in [-0.2, 0) is 14.3 Å². The van der Waals surface area contributed by atoms with Crippen LogP contribution in [0.3, 0.4) is 0 Å². The molecule has 0 N–H and O–H groups in total. The summed E-state index contributed by atoms with van der Waals surface area (Å²) in [4.78, 5) is 49.1. The first kappa shape index (κ1) is 30.7. The number of piperazine rings is 1. The van der Waals surface area contributed by atoms with E-state index in [1.807, 2.05) is 24.1 Å². The standard InChI is InChI=1S/C32H35ClN4O5S/c1-6-41-29(39)26-20(2)34-31-37(27(26)22-9-11-23(33)12-10-22)28(38)25(43-31)19-21-7-13-24(14-8-21)42-32(3,4)30(40)36-17-15-35(5)16-18-36/h7-14,19,27H,6,15-18H2,1-5H3/b25-19-. The molecule has 1 unspecified atom stereocenters. The van der Waals surface area contributed by atoms with Crippen molar-refractivity contribution in [3.05, 3.63) is 95.6 Å². The highest BCUT2D eigenvalue weighted by atomic mass is 35.5. The Morgan fingerprint density at radius 1 is 1.07 bits per heavy atom. The normalized spacial score (nSPS) is 17.9. The molecule has 2 aromatic carbocycles. The van der Waals surface area contributed by atoms with Gasteiger partial charge in [0.1, 0.15) is 5.75 Å². The fraction of sp³-hybridized carbons (Fsp3) is 0.375. The third-order valence-corrected chi connectivity index (χ3v) is 8.79. The Morgan fingerprint density at radius 2 is 1.72 bits per heavy atom. The number of rotatable bonds is 7. The van der Waals surface area contributed by atoms with Crippen molar-refractivity contribution in [2.24, 2.45) is 4.99 Å². The van der Waals surface area contributed by atoms with Crippen LogP contribution in [0.1, 0.15) is 44.9 Å². The van der Waals surface area contributed by atoms with Gasteiger partial charge in [-0.15, -0.1) is 0 Å². The molecule has 1 saturated heterocycles. The molecule has 11 heteroatoms. The lowest BCUT2D eigenvalue weighted by Gasteiger charge is -2.37. The average Bonchev–Trinajstić information content (AvgIpc) is 3.27. The second-order valence-electron chi connectivity index (χ2n) is 11.1. The van der Waals surface area contributed by atoms with Crippen molar-refractivity contribution in [2.75, 3.05) is 39.8 Å². The number of aromatic nitrogens is 1. The molecule has 43 heavy (non-hydrogen) atoms. The Bertz CT molecular complexity index is 1730. The second-order valence-corrected chi connectivity index (χ2v) is 12.6. The number of hydrogen-bond donors (Lipinski definition) is 0. The maximum Gasteiger partial charge on any atom is 0.338 e. The summed E-state index contributed by atoms with van der Waals surface area (Å²) in [5.41, 5.74) is 1.04. The van der Waals surface area contributed by atoms with Crippen LogP contribution in [0.2, 0.25) is 5.02 Å². The smallest absolute Gasteiger partial charge is 0.338 e. The third-order valence-electron chi connectivity index (χ3n) is 7.56. The Hall–Kier alpha value is -3.73. The minimum Gasteiger partial charge on any atom is -0.478 e. The van der Waals surface area contributed by atoms with Crippen molar-refractivity contribution in [3.63, 3.8) is 0 Å². The van der Waals surface area contributed by atoms with E-state index in [9.17, 15) is 14.4 Å². The van der Waals surface area contributed by atoms with Crippen molar-refractivity contribution in [1.29, 1.82) is 0 Å². The molecule has 2 aliphatic rings. The van der Waals surface area contributed by atoms with E-state index in [1.165, 1.54) is 11.3 Å². The molecule has 0 saturated carbocycles. The van der Waals surface area contributed by atoms with E-state index in [0.29, 0.717) is 44.5 Å². The highest BCUT2D eigenvalue weighted by Crippen LogP contribution is 2.31. The van der Waals surface area contributed by atoms with Gasteiger partial charge in [-0.3, -0.25) is 14.2 Å². The van der Waals surface area contributed by atoms with Crippen LogP contribution in [0.4, 0.5) is 0 Å². The van der Waals surface area contributed by atoms with Gasteiger partial charge in [0.15, 0.2) is 10.4 Å². The lowest BCUT2D eigenvalue weighted by Crippen LogP contribution is -2.55. The van der Waals surface area contributed by atoms with Gasteiger partial charge in [-0.05, 0) is 76.2 Å². The third kappa shape index (κ3) is 6.46. The number of ether oxygens (including phenoxy) is 2. The largest absolute Gasteiger partial charge is 0.478 e. The lowest BCUT2D eigenvalue weighted by molar-refractivity contribution is -0.147. The van der Waals surface area contributed by atoms with Gasteiger partial charge in [-0.2, -0.15) is 0 Å². The molecule has 2 aliphatic heterocycles. The van der Waals surface area contributed by atoms with Gasteiger partial charge < -0.3 is 19.3 Å². The molecule has 9 nitrogen and oxygen atoms in total. The van der Waals surface area contributed by atoms with Crippen LogP contribution >= 0.6 is 22.9 Å². The molecule has 0 spiro atoms. The maximum absolute atomic E-state index is 13.8. The molecule has 1 amide bonds. The summed E-state index contributed by atoms with van der Waals surface area (Å²) >= 11 is 7.39. The summed E-state index contributed by atoms with van der Waals surface area (Å²) in [5, 5.41) is 0.550. The number of halogens is 1. The van der Waals surface area contributed by atoms with Crippen LogP contribution < -0.4 is 19.6 Å². The number of carbonyl (C=O) groups excluding carboxylic acids is 2. The molecule has 1 atom stereocenters. The lowest BCUT2D eigenvalue weighted by atomic mass is 9.96. The van der Waals surface area contributed by atoms with E-state index in [2.05, 4.69) is 9.89 Å². The monoisotopic (exact) mass is 622 g/mol. The van der Waals surface area contributed by atoms with Gasteiger partial charge in [0.25, 0.3) is 11.5 Å². The zero-order valence-electron chi connectivity index (χ0n) is 24.9. The number of thiazole rings is 1. The fourth-order valence-corrected chi connectivity index (χ4v) is 6.44. The van der Waals surface area contributed by atoms with E-state index in [1.54, 1.807) is 74.7 Å². The summed E-state index contributed by atoms with van der Waals surface area (Å²) < 4.78 is 13.5. The summed E-state index contributed by atoms with van der Waals surface area (Å²) in [7, 11) is 2.05. The number of allylic oxidation sites excluding steroid dienone is 1. The quantitative estimate of drug-likeness (QED) is 0.375. The van der Waals surface area contributed by atoms with Crippen molar-refractivity contribution in [2.45, 2.75) is 39.3 Å². The molecule has 0 radical (unpaired) electrons. The number of nitrogens with zero attached hydrogens (tertiary/aromatic N) is 4. The van der Waals surface area contributed by atoms with Gasteiger partial charge in [0.05, 0.1) is 28.5 Å².